The van der Waals surface area contributed by atoms with Gasteiger partial charge in [0.1, 0.15) is 17.3 Å². The molecule has 9 nitrogen and oxygen atoms in total. The molecule has 1 aromatic heterocycles. The van der Waals surface area contributed by atoms with Crippen molar-refractivity contribution in [2.45, 2.75) is 6.54 Å². The average molecular weight is 607 g/mol. The lowest BCUT2D eigenvalue weighted by molar-refractivity contribution is -0.142. The normalized spacial score (nSPS) is 13.4. The maximum absolute atomic E-state index is 14.3. The fourth-order valence-corrected chi connectivity index (χ4v) is 5.23. The van der Waals surface area contributed by atoms with Crippen molar-refractivity contribution in [2.24, 2.45) is 5.41 Å². The molecule has 0 spiro atoms. The number of amides is 2. The van der Waals surface area contributed by atoms with Crippen molar-refractivity contribution in [3.05, 3.63) is 115 Å². The Morgan fingerprint density at radius 3 is 2.22 bits per heavy atom. The molecule has 0 bridgehead atoms. The molecule has 0 aliphatic carbocycles. The van der Waals surface area contributed by atoms with Crippen LogP contribution in [0.1, 0.15) is 5.56 Å². The fraction of sp³-hybridized carbons (Fsp3) is 0.171. The summed E-state index contributed by atoms with van der Waals surface area (Å²) in [5, 5.41) is 6.62. The Kier molecular flexibility index (Phi) is 8.30. The molecule has 1 saturated heterocycles. The van der Waals surface area contributed by atoms with Crippen LogP contribution in [0.5, 0.6) is 23.0 Å². The van der Waals surface area contributed by atoms with Gasteiger partial charge in [0.2, 0.25) is 11.8 Å². The molecular weight excluding hydrogens is 575 g/mol. The van der Waals surface area contributed by atoms with Crippen LogP contribution in [0.15, 0.2) is 103 Å². The Morgan fingerprint density at radius 2 is 1.58 bits per heavy atom. The summed E-state index contributed by atoms with van der Waals surface area (Å²) in [5.41, 5.74) is 1.26. The van der Waals surface area contributed by atoms with E-state index in [1.165, 1.54) is 24.3 Å². The molecule has 0 radical (unpaired) electrons. The number of nitrogens with one attached hydrogen (secondary N) is 2. The number of aromatic nitrogens is 1. The number of ether oxygens (including phenoxy) is 3. The molecule has 1 fully saturated rings. The second-order valence-electron chi connectivity index (χ2n) is 10.7. The van der Waals surface area contributed by atoms with Crippen LogP contribution in [0.3, 0.4) is 0 Å². The van der Waals surface area contributed by atoms with Crippen molar-refractivity contribution in [3.8, 4) is 23.0 Å². The number of anilines is 2. The van der Waals surface area contributed by atoms with Gasteiger partial charge in [-0.3, -0.25) is 14.6 Å². The predicted molar refractivity (Wildman–Crippen MR) is 169 cm³/mol. The standard InChI is InChI=1S/C35H31FN4O5/c1-43-31-18-28-29(19-32(31)44-2)38-17-16-30(28)45-27-14-12-26(13-15-27)40(20-23-6-4-3-5-7-23)34(42)35(21-37-22-35)33(41)39-25-10-8-24(36)9-11-25/h3-19,37H,20-22H2,1-2H3,(H,39,41). The smallest absolute Gasteiger partial charge is 0.245 e. The molecular formula is C35H31FN4O5. The van der Waals surface area contributed by atoms with Crippen LogP contribution in [0.2, 0.25) is 0 Å². The minimum Gasteiger partial charge on any atom is -0.493 e. The number of nitrogens with zero attached hydrogens (tertiary/aromatic N) is 2. The van der Waals surface area contributed by atoms with Gasteiger partial charge in [0.15, 0.2) is 16.9 Å². The topological polar surface area (TPSA) is 102 Å². The van der Waals surface area contributed by atoms with Crippen molar-refractivity contribution in [2.75, 3.05) is 37.5 Å². The molecule has 45 heavy (non-hydrogen) atoms. The molecule has 2 N–H and O–H groups in total. The van der Waals surface area contributed by atoms with E-state index in [0.717, 1.165) is 10.9 Å². The molecule has 0 unspecified atom stereocenters. The molecule has 1 aliphatic rings. The van der Waals surface area contributed by atoms with E-state index in [0.29, 0.717) is 39.9 Å². The highest BCUT2D eigenvalue weighted by molar-refractivity contribution is 6.16. The van der Waals surface area contributed by atoms with E-state index in [9.17, 15) is 14.0 Å². The second-order valence-corrected chi connectivity index (χ2v) is 10.7. The van der Waals surface area contributed by atoms with Gasteiger partial charge in [0, 0.05) is 42.1 Å². The van der Waals surface area contributed by atoms with E-state index in [1.54, 1.807) is 61.7 Å². The Bertz CT molecular complexity index is 1830. The first-order valence-electron chi connectivity index (χ1n) is 14.3. The molecule has 10 heteroatoms. The van der Waals surface area contributed by atoms with Crippen molar-refractivity contribution >= 4 is 34.1 Å². The summed E-state index contributed by atoms with van der Waals surface area (Å²) in [7, 11) is 3.14. The van der Waals surface area contributed by atoms with E-state index < -0.39 is 17.1 Å². The summed E-state index contributed by atoms with van der Waals surface area (Å²) in [6.07, 6.45) is 1.65. The van der Waals surface area contributed by atoms with Gasteiger partial charge >= 0.3 is 0 Å². The molecule has 1 aliphatic heterocycles. The first kappa shape index (κ1) is 29.6. The van der Waals surface area contributed by atoms with Crippen molar-refractivity contribution < 1.29 is 28.2 Å². The number of benzene rings is 4. The lowest BCUT2D eigenvalue weighted by Crippen LogP contribution is -2.67. The van der Waals surface area contributed by atoms with Crippen molar-refractivity contribution in [3.63, 3.8) is 0 Å². The zero-order valence-corrected chi connectivity index (χ0v) is 24.7. The van der Waals surface area contributed by atoms with Crippen LogP contribution in [0, 0.1) is 11.2 Å². The average Bonchev–Trinajstić information content (AvgIpc) is 3.04. The Hall–Kier alpha value is -5.48. The minimum atomic E-state index is -1.34. The third kappa shape index (κ3) is 6.00. The SMILES string of the molecule is COc1cc2nccc(Oc3ccc(N(Cc4ccccc4)C(=O)C4(C(=O)Nc5ccc(F)cc5)CNC4)cc3)c2cc1OC. The lowest BCUT2D eigenvalue weighted by atomic mass is 9.78. The van der Waals surface area contributed by atoms with Crippen LogP contribution < -0.4 is 29.7 Å². The zero-order valence-electron chi connectivity index (χ0n) is 24.7. The van der Waals surface area contributed by atoms with Gasteiger partial charge in [-0.1, -0.05) is 30.3 Å². The quantitative estimate of drug-likeness (QED) is 0.190. The molecule has 2 amide bonds. The summed E-state index contributed by atoms with van der Waals surface area (Å²) in [4.78, 5) is 33.9. The summed E-state index contributed by atoms with van der Waals surface area (Å²) < 4.78 is 30.6. The molecule has 5 aromatic rings. The van der Waals surface area contributed by atoms with Gasteiger partial charge in [0.25, 0.3) is 0 Å². The minimum absolute atomic E-state index is 0.175. The Morgan fingerprint density at radius 1 is 0.889 bits per heavy atom. The number of hydrogen-bond acceptors (Lipinski definition) is 7. The zero-order chi connectivity index (χ0) is 31.4. The van der Waals surface area contributed by atoms with E-state index in [1.807, 2.05) is 36.4 Å². The maximum Gasteiger partial charge on any atom is 0.245 e. The van der Waals surface area contributed by atoms with E-state index >= 15 is 0 Å². The largest absolute Gasteiger partial charge is 0.493 e. The maximum atomic E-state index is 14.3. The van der Waals surface area contributed by atoms with Gasteiger partial charge in [-0.25, -0.2) is 4.39 Å². The first-order chi connectivity index (χ1) is 21.9. The van der Waals surface area contributed by atoms with E-state index in [-0.39, 0.29) is 25.5 Å². The molecule has 2 heterocycles. The molecule has 0 atom stereocenters. The summed E-state index contributed by atoms with van der Waals surface area (Å²) >= 11 is 0. The van der Waals surface area contributed by atoms with Gasteiger partial charge in [-0.2, -0.15) is 0 Å². The van der Waals surface area contributed by atoms with Crippen LogP contribution in [-0.2, 0) is 16.1 Å². The first-order valence-corrected chi connectivity index (χ1v) is 14.3. The third-order valence-corrected chi connectivity index (χ3v) is 7.81. The summed E-state index contributed by atoms with van der Waals surface area (Å²) in [6.45, 7) is 0.603. The fourth-order valence-electron chi connectivity index (χ4n) is 5.23. The third-order valence-electron chi connectivity index (χ3n) is 7.81. The number of methoxy groups -OCH3 is 2. The summed E-state index contributed by atoms with van der Waals surface area (Å²) in [5.74, 6) is 1.02. The number of carbonyl (C=O) groups excluding carboxylic acids is 2. The summed E-state index contributed by atoms with van der Waals surface area (Å²) in [6, 6.07) is 27.5. The molecule has 0 saturated carbocycles. The van der Waals surface area contributed by atoms with Gasteiger partial charge < -0.3 is 29.7 Å². The molecule has 6 rings (SSSR count). The van der Waals surface area contributed by atoms with Crippen LogP contribution in [0.25, 0.3) is 10.9 Å². The number of rotatable bonds is 10. The van der Waals surface area contributed by atoms with Crippen molar-refractivity contribution in [1.29, 1.82) is 0 Å². The van der Waals surface area contributed by atoms with Gasteiger partial charge in [-0.05, 0) is 66.2 Å². The highest BCUT2D eigenvalue weighted by Crippen LogP contribution is 2.38. The van der Waals surface area contributed by atoms with Crippen molar-refractivity contribution in [1.82, 2.24) is 10.3 Å². The monoisotopic (exact) mass is 606 g/mol. The highest BCUT2D eigenvalue weighted by atomic mass is 19.1. The number of halogens is 1. The van der Waals surface area contributed by atoms with E-state index in [4.69, 9.17) is 14.2 Å². The predicted octanol–water partition coefficient (Wildman–Crippen LogP) is 5.94. The number of pyridine rings is 1. The van der Waals surface area contributed by atoms with Gasteiger partial charge in [0.05, 0.1) is 26.3 Å². The van der Waals surface area contributed by atoms with Crippen LogP contribution in [-0.4, -0.2) is 44.1 Å². The lowest BCUT2D eigenvalue weighted by Gasteiger charge is -2.42. The van der Waals surface area contributed by atoms with Crippen LogP contribution >= 0.6 is 0 Å². The molecule has 228 valence electrons. The number of fused-ring (bicyclic) bond motifs is 1. The second kappa shape index (κ2) is 12.6. The molecule has 4 aromatic carbocycles. The van der Waals surface area contributed by atoms with Crippen LogP contribution in [0.4, 0.5) is 15.8 Å². The number of carbonyl (C=O) groups is 2. The Balaban J connectivity index is 1.29. The van der Waals surface area contributed by atoms with E-state index in [2.05, 4.69) is 15.6 Å². The highest BCUT2D eigenvalue weighted by Gasteiger charge is 2.53. The number of hydrogen-bond donors (Lipinski definition) is 2. The van der Waals surface area contributed by atoms with Gasteiger partial charge in [-0.15, -0.1) is 0 Å². The Labute approximate surface area is 259 Å².